The summed E-state index contributed by atoms with van der Waals surface area (Å²) in [6, 6.07) is 8.92. The predicted octanol–water partition coefficient (Wildman–Crippen LogP) is 2.63. The molecule has 28 heavy (non-hydrogen) atoms. The van der Waals surface area contributed by atoms with Crippen molar-refractivity contribution < 1.29 is 27.4 Å². The van der Waals surface area contributed by atoms with Crippen molar-refractivity contribution in [2.24, 2.45) is 0 Å². The second-order valence-electron chi connectivity index (χ2n) is 5.68. The molecule has 0 fully saturated rings. The van der Waals surface area contributed by atoms with E-state index in [0.717, 1.165) is 4.31 Å². The van der Waals surface area contributed by atoms with Gasteiger partial charge >= 0.3 is 0 Å². The van der Waals surface area contributed by atoms with Crippen LogP contribution in [0.5, 0.6) is 17.2 Å². The molecule has 0 atom stereocenters. The molecular weight excluding hydrogens is 408 g/mol. The molecule has 152 valence electrons. The zero-order valence-corrected chi connectivity index (χ0v) is 17.4. The fourth-order valence-electron chi connectivity index (χ4n) is 2.39. The molecule has 0 aliphatic carbocycles. The number of hydrogen-bond acceptors (Lipinski definition) is 6. The highest BCUT2D eigenvalue weighted by molar-refractivity contribution is 7.89. The van der Waals surface area contributed by atoms with Crippen LogP contribution in [-0.4, -0.2) is 53.6 Å². The second kappa shape index (κ2) is 9.13. The highest BCUT2D eigenvalue weighted by Gasteiger charge is 2.24. The summed E-state index contributed by atoms with van der Waals surface area (Å²) >= 11 is 6.02. The van der Waals surface area contributed by atoms with Gasteiger partial charge in [0.25, 0.3) is 0 Å². The van der Waals surface area contributed by atoms with Crippen LogP contribution in [0.3, 0.4) is 0 Å². The van der Waals surface area contributed by atoms with Gasteiger partial charge in [-0.1, -0.05) is 11.6 Å². The Morgan fingerprint density at radius 1 is 1.00 bits per heavy atom. The van der Waals surface area contributed by atoms with Gasteiger partial charge in [0.05, 0.1) is 37.8 Å². The minimum absolute atomic E-state index is 0.0204. The van der Waals surface area contributed by atoms with Crippen molar-refractivity contribution in [1.29, 1.82) is 0 Å². The number of carbonyl (C=O) groups is 1. The van der Waals surface area contributed by atoms with Crippen molar-refractivity contribution in [3.05, 3.63) is 41.4 Å². The van der Waals surface area contributed by atoms with E-state index in [1.165, 1.54) is 52.6 Å². The van der Waals surface area contributed by atoms with E-state index in [4.69, 9.17) is 25.8 Å². The van der Waals surface area contributed by atoms with Crippen LogP contribution in [0, 0.1) is 0 Å². The Balaban J connectivity index is 2.13. The van der Waals surface area contributed by atoms with Gasteiger partial charge in [0.1, 0.15) is 5.75 Å². The Labute approximate surface area is 169 Å². The van der Waals surface area contributed by atoms with E-state index >= 15 is 0 Å². The van der Waals surface area contributed by atoms with Gasteiger partial charge < -0.3 is 19.5 Å². The summed E-state index contributed by atoms with van der Waals surface area (Å²) in [5.41, 5.74) is 0.424. The number of halogens is 1. The van der Waals surface area contributed by atoms with Crippen molar-refractivity contribution in [3.63, 3.8) is 0 Å². The van der Waals surface area contributed by atoms with E-state index in [1.54, 1.807) is 12.1 Å². The van der Waals surface area contributed by atoms with Crippen LogP contribution in [0.2, 0.25) is 5.02 Å². The molecule has 0 saturated heterocycles. The minimum atomic E-state index is -3.91. The first-order valence-corrected chi connectivity index (χ1v) is 9.86. The van der Waals surface area contributed by atoms with Crippen molar-refractivity contribution in [3.8, 4) is 17.2 Å². The van der Waals surface area contributed by atoms with E-state index in [1.807, 2.05) is 0 Å². The van der Waals surface area contributed by atoms with E-state index in [9.17, 15) is 13.2 Å². The van der Waals surface area contributed by atoms with Crippen molar-refractivity contribution in [1.82, 2.24) is 4.31 Å². The lowest BCUT2D eigenvalue weighted by molar-refractivity contribution is -0.116. The normalized spacial score (nSPS) is 11.2. The fraction of sp³-hybridized carbons (Fsp3) is 0.278. The first-order valence-electron chi connectivity index (χ1n) is 8.04. The highest BCUT2D eigenvalue weighted by atomic mass is 35.5. The maximum atomic E-state index is 12.7. The molecule has 0 aromatic heterocycles. The molecule has 2 aromatic rings. The number of sulfonamides is 1. The summed E-state index contributed by atoms with van der Waals surface area (Å²) in [5, 5.41) is 2.93. The van der Waals surface area contributed by atoms with Gasteiger partial charge in [-0.05, 0) is 30.3 Å². The largest absolute Gasteiger partial charge is 0.495 e. The van der Waals surface area contributed by atoms with Gasteiger partial charge in [-0.15, -0.1) is 0 Å². The third-order valence-electron chi connectivity index (χ3n) is 3.87. The van der Waals surface area contributed by atoms with E-state index in [-0.39, 0.29) is 17.2 Å². The molecule has 0 heterocycles. The maximum Gasteiger partial charge on any atom is 0.243 e. The third kappa shape index (κ3) is 4.86. The van der Waals surface area contributed by atoms with Crippen LogP contribution in [0.25, 0.3) is 0 Å². The number of anilines is 1. The van der Waals surface area contributed by atoms with Crippen LogP contribution >= 0.6 is 11.6 Å². The first kappa shape index (κ1) is 21.8. The average Bonchev–Trinajstić information content (AvgIpc) is 2.67. The van der Waals surface area contributed by atoms with Crippen molar-refractivity contribution in [2.45, 2.75) is 4.90 Å². The number of methoxy groups -OCH3 is 3. The van der Waals surface area contributed by atoms with Crippen LogP contribution < -0.4 is 19.5 Å². The first-order chi connectivity index (χ1) is 13.2. The van der Waals surface area contributed by atoms with Crippen LogP contribution in [-0.2, 0) is 14.8 Å². The Bertz CT molecular complexity index is 965. The van der Waals surface area contributed by atoms with Gasteiger partial charge in [0.15, 0.2) is 11.5 Å². The SMILES string of the molecule is COc1ccc(NC(=O)CN(C)S(=O)(=O)c2ccc(OC)c(OC)c2)cc1Cl. The molecule has 0 aliphatic rings. The molecule has 1 N–H and O–H groups in total. The molecule has 2 aromatic carbocycles. The van der Waals surface area contributed by atoms with Crippen LogP contribution in [0.1, 0.15) is 0 Å². The summed E-state index contributed by atoms with van der Waals surface area (Å²) in [7, 11) is 1.74. The molecule has 0 saturated carbocycles. The van der Waals surface area contributed by atoms with Crippen LogP contribution in [0.4, 0.5) is 5.69 Å². The molecule has 0 bridgehead atoms. The second-order valence-corrected chi connectivity index (χ2v) is 8.13. The number of amides is 1. The third-order valence-corrected chi connectivity index (χ3v) is 5.96. The number of nitrogens with one attached hydrogen (secondary N) is 1. The number of hydrogen-bond donors (Lipinski definition) is 1. The van der Waals surface area contributed by atoms with Crippen molar-refractivity contribution >= 4 is 33.2 Å². The molecule has 0 spiro atoms. The molecule has 2 rings (SSSR count). The van der Waals surface area contributed by atoms with Gasteiger partial charge in [-0.25, -0.2) is 8.42 Å². The predicted molar refractivity (Wildman–Crippen MR) is 106 cm³/mol. The fourth-order valence-corrected chi connectivity index (χ4v) is 3.79. The molecule has 0 unspecified atom stereocenters. The molecule has 10 heteroatoms. The molecule has 8 nitrogen and oxygen atoms in total. The number of nitrogens with zero attached hydrogens (tertiary/aromatic N) is 1. The summed E-state index contributed by atoms with van der Waals surface area (Å²) < 4.78 is 41.7. The molecule has 0 radical (unpaired) electrons. The lowest BCUT2D eigenvalue weighted by Crippen LogP contribution is -2.35. The summed E-state index contributed by atoms with van der Waals surface area (Å²) in [5.74, 6) is 0.619. The number of rotatable bonds is 8. The monoisotopic (exact) mass is 428 g/mol. The van der Waals surface area contributed by atoms with Gasteiger partial charge in [0, 0.05) is 18.8 Å². The number of benzene rings is 2. The Hall–Kier alpha value is -2.49. The highest BCUT2D eigenvalue weighted by Crippen LogP contribution is 2.30. The van der Waals surface area contributed by atoms with Gasteiger partial charge in [-0.2, -0.15) is 4.31 Å². The number of carbonyl (C=O) groups excluding carboxylic acids is 1. The Kier molecular flexibility index (Phi) is 7.11. The zero-order chi connectivity index (χ0) is 20.9. The molecule has 1 amide bonds. The summed E-state index contributed by atoms with van der Waals surface area (Å²) in [6.07, 6.45) is 0. The smallest absolute Gasteiger partial charge is 0.243 e. The summed E-state index contributed by atoms with van der Waals surface area (Å²) in [4.78, 5) is 12.2. The van der Waals surface area contributed by atoms with E-state index in [0.29, 0.717) is 22.2 Å². The van der Waals surface area contributed by atoms with Crippen LogP contribution in [0.15, 0.2) is 41.3 Å². The van der Waals surface area contributed by atoms with E-state index in [2.05, 4.69) is 5.32 Å². The Morgan fingerprint density at radius 3 is 2.18 bits per heavy atom. The molecular formula is C18H21ClN2O6S. The number of likely N-dealkylation sites (N-methyl/N-ethyl adjacent to an activating group) is 1. The quantitative estimate of drug-likeness (QED) is 0.694. The lowest BCUT2D eigenvalue weighted by atomic mass is 10.3. The van der Waals surface area contributed by atoms with Gasteiger partial charge in [0.2, 0.25) is 15.9 Å². The van der Waals surface area contributed by atoms with Gasteiger partial charge in [-0.3, -0.25) is 4.79 Å². The Morgan fingerprint density at radius 2 is 1.61 bits per heavy atom. The van der Waals surface area contributed by atoms with Crippen molar-refractivity contribution in [2.75, 3.05) is 40.2 Å². The summed E-state index contributed by atoms with van der Waals surface area (Å²) in [6.45, 7) is -0.389. The maximum absolute atomic E-state index is 12.7. The lowest BCUT2D eigenvalue weighted by Gasteiger charge is -2.18. The zero-order valence-electron chi connectivity index (χ0n) is 15.9. The average molecular weight is 429 g/mol. The number of ether oxygens (including phenoxy) is 3. The minimum Gasteiger partial charge on any atom is -0.495 e. The molecule has 0 aliphatic heterocycles. The van der Waals surface area contributed by atoms with E-state index < -0.39 is 15.9 Å². The standard InChI is InChI=1S/C18H21ClN2O6S/c1-21(11-18(22)20-12-5-7-15(25-2)14(19)9-12)28(23,24)13-6-8-16(26-3)17(10-13)27-4/h5-10H,11H2,1-4H3,(H,20,22). The topological polar surface area (TPSA) is 94.2 Å².